The number of nitrogens with one attached hydrogen (secondary N) is 1. The minimum Gasteiger partial charge on any atom is -0.493 e. The van der Waals surface area contributed by atoms with Gasteiger partial charge in [-0.05, 0) is 56.5 Å². The topological polar surface area (TPSA) is 56.1 Å². The molecule has 1 N–H and O–H groups in total. The maximum atomic E-state index is 10.8. The van der Waals surface area contributed by atoms with Gasteiger partial charge in [0.05, 0.1) is 23.7 Å². The van der Waals surface area contributed by atoms with E-state index in [2.05, 4.69) is 48.0 Å². The first kappa shape index (κ1) is 18.0. The number of hydrogen-bond acceptors (Lipinski definition) is 3. The highest BCUT2D eigenvalue weighted by atomic mass is 16.5. The first-order chi connectivity index (χ1) is 12.6. The fourth-order valence-corrected chi connectivity index (χ4v) is 3.10. The number of fused-ring (bicyclic) bond motifs is 1. The molecule has 2 aromatic carbocycles. The summed E-state index contributed by atoms with van der Waals surface area (Å²) in [7, 11) is 0. The number of aromatic nitrogens is 2. The highest BCUT2D eigenvalue weighted by Gasteiger charge is 2.15. The summed E-state index contributed by atoms with van der Waals surface area (Å²) < 4.78 is 8.14. The number of carbonyl (C=O) groups is 1. The van der Waals surface area contributed by atoms with Crippen LogP contribution >= 0.6 is 0 Å². The Morgan fingerprint density at radius 1 is 1.23 bits per heavy atom. The number of nitrogens with zero attached hydrogens (tertiary/aromatic N) is 2. The monoisotopic (exact) mass is 351 g/mol. The molecule has 0 saturated heterocycles. The molecule has 26 heavy (non-hydrogen) atoms. The number of ether oxygens (including phenoxy) is 1. The molecule has 136 valence electrons. The Bertz CT molecular complexity index is 901. The standard InChI is InChI=1S/C21H25N3O2/c1-15-9-10-16(2)20(13-15)26-12-6-11-24-19-8-5-4-7-18(19)23-21(24)17(3)22-14-25/h4-5,7-10,13-14,17H,6,11-12H2,1-3H3,(H,22,25). The zero-order valence-corrected chi connectivity index (χ0v) is 15.5. The van der Waals surface area contributed by atoms with E-state index in [1.54, 1.807) is 0 Å². The third-order valence-electron chi connectivity index (χ3n) is 4.52. The summed E-state index contributed by atoms with van der Waals surface area (Å²) in [5.41, 5.74) is 4.36. The van der Waals surface area contributed by atoms with Crippen LogP contribution in [-0.4, -0.2) is 22.6 Å². The summed E-state index contributed by atoms with van der Waals surface area (Å²) in [5.74, 6) is 1.81. The van der Waals surface area contributed by atoms with Crippen LogP contribution in [0.25, 0.3) is 11.0 Å². The number of rotatable bonds is 8. The summed E-state index contributed by atoms with van der Waals surface area (Å²) in [6, 6.07) is 14.1. The molecule has 1 atom stereocenters. The molecular formula is C21H25N3O2. The molecular weight excluding hydrogens is 326 g/mol. The van der Waals surface area contributed by atoms with Crippen molar-refractivity contribution in [1.29, 1.82) is 0 Å². The summed E-state index contributed by atoms with van der Waals surface area (Å²) in [6.45, 7) is 7.48. The Balaban J connectivity index is 1.72. The van der Waals surface area contributed by atoms with Gasteiger partial charge in [0.1, 0.15) is 11.6 Å². The lowest BCUT2D eigenvalue weighted by Crippen LogP contribution is -2.21. The zero-order valence-electron chi connectivity index (χ0n) is 15.5. The van der Waals surface area contributed by atoms with Crippen LogP contribution < -0.4 is 10.1 Å². The van der Waals surface area contributed by atoms with Crippen LogP contribution in [-0.2, 0) is 11.3 Å². The van der Waals surface area contributed by atoms with Crippen molar-refractivity contribution >= 4 is 17.4 Å². The molecule has 1 amide bonds. The molecule has 3 aromatic rings. The van der Waals surface area contributed by atoms with Crippen LogP contribution in [0, 0.1) is 13.8 Å². The van der Waals surface area contributed by atoms with Gasteiger partial charge in [-0.15, -0.1) is 0 Å². The van der Waals surface area contributed by atoms with Crippen molar-refractivity contribution in [3.8, 4) is 5.75 Å². The fraction of sp³-hybridized carbons (Fsp3) is 0.333. The molecule has 3 rings (SSSR count). The van der Waals surface area contributed by atoms with Crippen molar-refractivity contribution in [2.45, 2.75) is 39.8 Å². The van der Waals surface area contributed by atoms with Crippen molar-refractivity contribution in [1.82, 2.24) is 14.9 Å². The highest BCUT2D eigenvalue weighted by Crippen LogP contribution is 2.22. The van der Waals surface area contributed by atoms with Crippen molar-refractivity contribution in [2.24, 2.45) is 0 Å². The van der Waals surface area contributed by atoms with Crippen molar-refractivity contribution < 1.29 is 9.53 Å². The lowest BCUT2D eigenvalue weighted by molar-refractivity contribution is -0.110. The van der Waals surface area contributed by atoms with E-state index in [0.717, 1.165) is 47.5 Å². The van der Waals surface area contributed by atoms with Crippen LogP contribution in [0.1, 0.15) is 36.3 Å². The van der Waals surface area contributed by atoms with E-state index in [0.29, 0.717) is 6.61 Å². The molecule has 1 unspecified atom stereocenters. The van der Waals surface area contributed by atoms with Gasteiger partial charge in [0.2, 0.25) is 6.41 Å². The number of hydrogen-bond donors (Lipinski definition) is 1. The zero-order chi connectivity index (χ0) is 18.5. The predicted molar refractivity (Wildman–Crippen MR) is 103 cm³/mol. The maximum Gasteiger partial charge on any atom is 0.207 e. The largest absolute Gasteiger partial charge is 0.493 e. The molecule has 0 fully saturated rings. The lowest BCUT2D eigenvalue weighted by Gasteiger charge is -2.15. The smallest absolute Gasteiger partial charge is 0.207 e. The van der Waals surface area contributed by atoms with Gasteiger partial charge in [-0.25, -0.2) is 4.98 Å². The summed E-state index contributed by atoms with van der Waals surface area (Å²) in [4.78, 5) is 15.5. The summed E-state index contributed by atoms with van der Waals surface area (Å²) in [6.07, 6.45) is 1.58. The molecule has 0 bridgehead atoms. The second-order valence-corrected chi connectivity index (χ2v) is 6.59. The number of aryl methyl sites for hydroxylation is 3. The molecule has 1 aromatic heterocycles. The van der Waals surface area contributed by atoms with Crippen molar-refractivity contribution in [3.63, 3.8) is 0 Å². The van der Waals surface area contributed by atoms with E-state index in [-0.39, 0.29) is 6.04 Å². The van der Waals surface area contributed by atoms with E-state index in [9.17, 15) is 4.79 Å². The summed E-state index contributed by atoms with van der Waals surface area (Å²) in [5, 5.41) is 2.80. The molecule has 0 radical (unpaired) electrons. The third-order valence-corrected chi connectivity index (χ3v) is 4.52. The quantitative estimate of drug-likeness (QED) is 0.494. The number of benzene rings is 2. The second kappa shape index (κ2) is 8.04. The van der Waals surface area contributed by atoms with Gasteiger partial charge in [-0.3, -0.25) is 4.79 Å². The first-order valence-electron chi connectivity index (χ1n) is 8.95. The van der Waals surface area contributed by atoms with Crippen LogP contribution in [0.3, 0.4) is 0 Å². The fourth-order valence-electron chi connectivity index (χ4n) is 3.10. The van der Waals surface area contributed by atoms with E-state index in [1.165, 1.54) is 5.56 Å². The second-order valence-electron chi connectivity index (χ2n) is 6.59. The van der Waals surface area contributed by atoms with E-state index >= 15 is 0 Å². The van der Waals surface area contributed by atoms with Crippen LogP contribution in [0.4, 0.5) is 0 Å². The van der Waals surface area contributed by atoms with E-state index in [4.69, 9.17) is 9.72 Å². The van der Waals surface area contributed by atoms with Crippen LogP contribution in [0.5, 0.6) is 5.75 Å². The number of amides is 1. The SMILES string of the molecule is Cc1ccc(C)c(OCCCn2c(C(C)NC=O)nc3ccccc32)c1. The predicted octanol–water partition coefficient (Wildman–Crippen LogP) is 3.93. The van der Waals surface area contributed by atoms with Gasteiger partial charge in [0.25, 0.3) is 0 Å². The minimum absolute atomic E-state index is 0.139. The Labute approximate surface area is 154 Å². The van der Waals surface area contributed by atoms with Crippen molar-refractivity contribution in [3.05, 3.63) is 59.4 Å². The number of imidazole rings is 1. The molecule has 5 heteroatoms. The van der Waals surface area contributed by atoms with E-state index in [1.807, 2.05) is 25.1 Å². The Morgan fingerprint density at radius 2 is 2.04 bits per heavy atom. The summed E-state index contributed by atoms with van der Waals surface area (Å²) >= 11 is 0. The normalized spacial score (nSPS) is 12.1. The first-order valence-corrected chi connectivity index (χ1v) is 8.95. The average molecular weight is 351 g/mol. The number of para-hydroxylation sites is 2. The van der Waals surface area contributed by atoms with Gasteiger partial charge in [-0.2, -0.15) is 0 Å². The van der Waals surface area contributed by atoms with Crippen LogP contribution in [0.15, 0.2) is 42.5 Å². The average Bonchev–Trinajstić information content (AvgIpc) is 3.00. The molecule has 5 nitrogen and oxygen atoms in total. The Hall–Kier alpha value is -2.82. The van der Waals surface area contributed by atoms with Gasteiger partial charge >= 0.3 is 0 Å². The van der Waals surface area contributed by atoms with E-state index < -0.39 is 0 Å². The lowest BCUT2D eigenvalue weighted by atomic mass is 10.1. The molecule has 0 saturated carbocycles. The molecule has 1 heterocycles. The van der Waals surface area contributed by atoms with Gasteiger partial charge < -0.3 is 14.6 Å². The number of carbonyl (C=O) groups excluding carboxylic acids is 1. The third kappa shape index (κ3) is 3.87. The van der Waals surface area contributed by atoms with Gasteiger partial charge in [0.15, 0.2) is 0 Å². The molecule has 0 aliphatic carbocycles. The molecule has 0 aliphatic heterocycles. The maximum absolute atomic E-state index is 10.8. The van der Waals surface area contributed by atoms with Crippen molar-refractivity contribution in [2.75, 3.05) is 6.61 Å². The van der Waals surface area contributed by atoms with Crippen LogP contribution in [0.2, 0.25) is 0 Å². The minimum atomic E-state index is -0.139. The Morgan fingerprint density at radius 3 is 2.85 bits per heavy atom. The molecule has 0 spiro atoms. The Kier molecular flexibility index (Phi) is 5.56. The van der Waals surface area contributed by atoms with Gasteiger partial charge in [-0.1, -0.05) is 24.3 Å². The highest BCUT2D eigenvalue weighted by molar-refractivity contribution is 5.76. The molecule has 0 aliphatic rings. The van der Waals surface area contributed by atoms with Gasteiger partial charge in [0, 0.05) is 6.54 Å².